The molecule has 2 fully saturated rings. The van der Waals surface area contributed by atoms with Crippen molar-refractivity contribution in [2.45, 2.75) is 36.7 Å². The van der Waals surface area contributed by atoms with Crippen molar-refractivity contribution >= 4 is 21.8 Å². The van der Waals surface area contributed by atoms with Crippen LogP contribution in [0, 0.1) is 11.8 Å². The van der Waals surface area contributed by atoms with Crippen LogP contribution in [-0.4, -0.2) is 46.0 Å². The number of rotatable bonds is 8. The zero-order chi connectivity index (χ0) is 19.4. The highest BCUT2D eigenvalue weighted by Gasteiger charge is 2.47. The number of hydrogen-bond donors (Lipinski definition) is 3. The van der Waals surface area contributed by atoms with Crippen molar-refractivity contribution in [1.29, 1.82) is 0 Å². The van der Waals surface area contributed by atoms with Crippen LogP contribution in [0.5, 0.6) is 0 Å². The monoisotopic (exact) mass is 395 g/mol. The first-order valence-electron chi connectivity index (χ1n) is 9.13. The van der Waals surface area contributed by atoms with Gasteiger partial charge in [0.15, 0.2) is 0 Å². The molecule has 3 rings (SSSR count). The second kappa shape index (κ2) is 8.37. The maximum absolute atomic E-state index is 12.1. The number of nitrogens with one attached hydrogen (secondary N) is 2. The molecule has 27 heavy (non-hydrogen) atoms. The van der Waals surface area contributed by atoms with Gasteiger partial charge in [-0.2, -0.15) is 0 Å². The fourth-order valence-corrected chi connectivity index (χ4v) is 3.75. The lowest BCUT2D eigenvalue weighted by atomic mass is 10.1. The Hall–Kier alpha value is -1.97. The number of hydrogen-bond acceptors (Lipinski definition) is 5. The number of ether oxygens (including phenoxy) is 1. The summed E-state index contributed by atoms with van der Waals surface area (Å²) in [4.78, 5) is 24.3. The van der Waals surface area contributed by atoms with Crippen LogP contribution in [0.25, 0.3) is 0 Å². The second-order valence-corrected chi connectivity index (χ2v) is 8.62. The van der Waals surface area contributed by atoms with Gasteiger partial charge in [-0.1, -0.05) is 12.1 Å². The molecule has 1 saturated carbocycles. The fourth-order valence-electron chi connectivity index (χ4n) is 3.23. The third-order valence-electron chi connectivity index (χ3n) is 4.96. The van der Waals surface area contributed by atoms with Crippen molar-refractivity contribution < 1.29 is 22.7 Å². The normalized spacial score (nSPS) is 24.4. The highest BCUT2D eigenvalue weighted by molar-refractivity contribution is 7.89. The minimum atomic E-state index is -3.70. The van der Waals surface area contributed by atoms with Gasteiger partial charge in [0, 0.05) is 19.7 Å². The average Bonchev–Trinajstić information content (AvgIpc) is 3.27. The molecule has 8 nitrogen and oxygen atoms in total. The maximum Gasteiger partial charge on any atom is 0.238 e. The number of amides is 2. The molecule has 1 aromatic rings. The molecule has 3 unspecified atom stereocenters. The van der Waals surface area contributed by atoms with E-state index >= 15 is 0 Å². The molecule has 1 heterocycles. The quantitative estimate of drug-likeness (QED) is 0.567. The summed E-state index contributed by atoms with van der Waals surface area (Å²) in [6.45, 7) is 1.69. The first-order chi connectivity index (χ1) is 12.8. The molecule has 148 valence electrons. The van der Waals surface area contributed by atoms with Crippen molar-refractivity contribution in [2.24, 2.45) is 17.0 Å². The second-order valence-electron chi connectivity index (χ2n) is 7.06. The third-order valence-corrected chi connectivity index (χ3v) is 5.89. The van der Waals surface area contributed by atoms with Gasteiger partial charge in [0.2, 0.25) is 21.8 Å². The first-order valence-corrected chi connectivity index (χ1v) is 10.7. The summed E-state index contributed by atoms with van der Waals surface area (Å²) >= 11 is 0. The summed E-state index contributed by atoms with van der Waals surface area (Å²) in [6, 6.07) is 6.23. The third kappa shape index (κ3) is 5.50. The molecule has 0 spiro atoms. The van der Waals surface area contributed by atoms with E-state index in [-0.39, 0.29) is 34.6 Å². The number of benzene rings is 1. The van der Waals surface area contributed by atoms with Crippen LogP contribution in [-0.2, 0) is 30.8 Å². The van der Waals surface area contributed by atoms with Crippen LogP contribution >= 0.6 is 0 Å². The lowest BCUT2D eigenvalue weighted by Crippen LogP contribution is -2.35. The summed E-state index contributed by atoms with van der Waals surface area (Å²) in [5.74, 6) is -0.711. The van der Waals surface area contributed by atoms with Gasteiger partial charge in [-0.3, -0.25) is 9.59 Å². The molecule has 0 radical (unpaired) electrons. The Labute approximate surface area is 158 Å². The van der Waals surface area contributed by atoms with Crippen molar-refractivity contribution in [3.05, 3.63) is 29.8 Å². The number of sulfonamides is 1. The molecule has 1 aliphatic heterocycles. The van der Waals surface area contributed by atoms with Crippen molar-refractivity contribution in [3.63, 3.8) is 0 Å². The number of carbonyl (C=O) groups is 2. The Kier molecular flexibility index (Phi) is 6.13. The van der Waals surface area contributed by atoms with E-state index in [1.54, 1.807) is 12.1 Å². The van der Waals surface area contributed by atoms with Crippen LogP contribution < -0.4 is 15.8 Å². The molecule has 2 amide bonds. The summed E-state index contributed by atoms with van der Waals surface area (Å²) in [7, 11) is -3.70. The standard InChI is InChI=1S/C18H25N3O5S/c19-27(24,25)14-5-3-12(4-6-14)7-8-20-17(22)15-10-16(15)18(23)21-11-13-2-1-9-26-13/h3-6,13,15-16H,1-2,7-11H2,(H,20,22)(H,21,23)(H2,19,24,25). The van der Waals surface area contributed by atoms with E-state index < -0.39 is 10.0 Å². The predicted octanol–water partition coefficient (Wildman–Crippen LogP) is -0.0760. The molecule has 0 bridgehead atoms. The summed E-state index contributed by atoms with van der Waals surface area (Å²) in [5.41, 5.74) is 0.893. The molecular weight excluding hydrogens is 370 g/mol. The highest BCUT2D eigenvalue weighted by Crippen LogP contribution is 2.38. The van der Waals surface area contributed by atoms with Crippen molar-refractivity contribution in [2.75, 3.05) is 19.7 Å². The van der Waals surface area contributed by atoms with Crippen LogP contribution in [0.15, 0.2) is 29.2 Å². The van der Waals surface area contributed by atoms with Crippen LogP contribution in [0.4, 0.5) is 0 Å². The number of nitrogens with two attached hydrogens (primary N) is 1. The molecule has 9 heteroatoms. The molecular formula is C18H25N3O5S. The van der Waals surface area contributed by atoms with Gasteiger partial charge in [-0.15, -0.1) is 0 Å². The van der Waals surface area contributed by atoms with E-state index in [9.17, 15) is 18.0 Å². The topological polar surface area (TPSA) is 128 Å². The van der Waals surface area contributed by atoms with Gasteiger partial charge in [-0.05, 0) is 43.4 Å². The Bertz CT molecular complexity index is 788. The van der Waals surface area contributed by atoms with E-state index in [2.05, 4.69) is 10.6 Å². The van der Waals surface area contributed by atoms with Gasteiger partial charge < -0.3 is 15.4 Å². The van der Waals surface area contributed by atoms with E-state index in [0.717, 1.165) is 25.0 Å². The smallest absolute Gasteiger partial charge is 0.238 e. The van der Waals surface area contributed by atoms with Gasteiger partial charge in [0.25, 0.3) is 0 Å². The van der Waals surface area contributed by atoms with Crippen LogP contribution in [0.2, 0.25) is 0 Å². The largest absolute Gasteiger partial charge is 0.376 e. The Morgan fingerprint density at radius 1 is 1.11 bits per heavy atom. The van der Waals surface area contributed by atoms with Crippen molar-refractivity contribution in [3.8, 4) is 0 Å². The first kappa shape index (κ1) is 19.8. The number of primary sulfonamides is 1. The Morgan fingerprint density at radius 2 is 1.78 bits per heavy atom. The fraction of sp³-hybridized carbons (Fsp3) is 0.556. The van der Waals surface area contributed by atoms with Crippen LogP contribution in [0.3, 0.4) is 0 Å². The van der Waals surface area contributed by atoms with Gasteiger partial charge in [0.05, 0.1) is 22.8 Å². The molecule has 4 N–H and O–H groups in total. The van der Waals surface area contributed by atoms with Crippen LogP contribution in [0.1, 0.15) is 24.8 Å². The molecule has 1 saturated heterocycles. The lowest BCUT2D eigenvalue weighted by molar-refractivity contribution is -0.127. The molecule has 1 aromatic carbocycles. The maximum atomic E-state index is 12.1. The van der Waals surface area contributed by atoms with Gasteiger partial charge in [-0.25, -0.2) is 13.6 Å². The minimum absolute atomic E-state index is 0.0603. The predicted molar refractivity (Wildman–Crippen MR) is 98.1 cm³/mol. The minimum Gasteiger partial charge on any atom is -0.376 e. The van der Waals surface area contributed by atoms with Gasteiger partial charge >= 0.3 is 0 Å². The zero-order valence-corrected chi connectivity index (χ0v) is 15.8. The van der Waals surface area contributed by atoms with Gasteiger partial charge in [0.1, 0.15) is 0 Å². The van der Waals surface area contributed by atoms with E-state index in [1.165, 1.54) is 12.1 Å². The average molecular weight is 395 g/mol. The lowest BCUT2D eigenvalue weighted by Gasteiger charge is -2.10. The molecule has 1 aliphatic carbocycles. The summed E-state index contributed by atoms with van der Waals surface area (Å²) in [6.07, 6.45) is 3.23. The van der Waals surface area contributed by atoms with E-state index in [1.807, 2.05) is 0 Å². The highest BCUT2D eigenvalue weighted by atomic mass is 32.2. The molecule has 3 atom stereocenters. The SMILES string of the molecule is NS(=O)(=O)c1ccc(CCNC(=O)C2CC2C(=O)NCC2CCCO2)cc1. The molecule has 2 aliphatic rings. The van der Waals surface area contributed by atoms with E-state index in [4.69, 9.17) is 9.88 Å². The Balaban J connectivity index is 1.35. The van der Waals surface area contributed by atoms with E-state index in [0.29, 0.717) is 25.9 Å². The van der Waals surface area contributed by atoms with Crippen molar-refractivity contribution in [1.82, 2.24) is 10.6 Å². The summed E-state index contributed by atoms with van der Waals surface area (Å²) in [5, 5.41) is 10.8. The molecule has 0 aromatic heterocycles. The zero-order valence-electron chi connectivity index (χ0n) is 15.0. The Morgan fingerprint density at radius 3 is 2.37 bits per heavy atom. The number of carbonyl (C=O) groups excluding carboxylic acids is 2. The summed E-state index contributed by atoms with van der Waals surface area (Å²) < 4.78 is 27.9.